The summed E-state index contributed by atoms with van der Waals surface area (Å²) in [6.45, 7) is 1.87. The van der Waals surface area contributed by atoms with Crippen LogP contribution in [0.1, 0.15) is 5.56 Å². The van der Waals surface area contributed by atoms with E-state index in [9.17, 15) is 8.42 Å². The summed E-state index contributed by atoms with van der Waals surface area (Å²) >= 11 is 6.20. The van der Waals surface area contributed by atoms with Crippen LogP contribution in [0.25, 0.3) is 5.82 Å². The number of nitrogens with one attached hydrogen (secondary N) is 1. The van der Waals surface area contributed by atoms with Crippen LogP contribution in [0, 0.1) is 6.92 Å². The molecule has 0 bridgehead atoms. The smallest absolute Gasteiger partial charge is 0.277 e. The summed E-state index contributed by atoms with van der Waals surface area (Å²) in [5.41, 5.74) is 1.39. The molecule has 1 aromatic carbocycles. The van der Waals surface area contributed by atoms with E-state index in [-0.39, 0.29) is 5.03 Å². The second kappa shape index (κ2) is 6.06. The van der Waals surface area contributed by atoms with Crippen molar-refractivity contribution in [2.75, 3.05) is 4.72 Å². The van der Waals surface area contributed by atoms with Crippen molar-refractivity contribution in [3.8, 4) is 5.82 Å². The summed E-state index contributed by atoms with van der Waals surface area (Å²) in [5, 5.41) is 0.456. The van der Waals surface area contributed by atoms with Crippen LogP contribution in [0.4, 0.5) is 5.69 Å². The van der Waals surface area contributed by atoms with Gasteiger partial charge in [-0.1, -0.05) is 29.8 Å². The molecule has 0 saturated carbocycles. The fourth-order valence-electron chi connectivity index (χ4n) is 2.18. The molecule has 23 heavy (non-hydrogen) atoms. The standard InChI is InChI=1S/C16H14ClN3O2S/c1-12-10-14(17)16(18-11-12)20-9-5-8-15(20)23(21,22)19-13-6-3-2-4-7-13/h2-11,19H,1H3. The van der Waals surface area contributed by atoms with Gasteiger partial charge in [-0.05, 0) is 42.8 Å². The second-order valence-corrected chi connectivity index (χ2v) is 7.04. The van der Waals surface area contributed by atoms with Crippen molar-refractivity contribution in [2.24, 2.45) is 0 Å². The van der Waals surface area contributed by atoms with E-state index < -0.39 is 10.0 Å². The van der Waals surface area contributed by atoms with E-state index in [1.807, 2.05) is 13.0 Å². The van der Waals surface area contributed by atoms with Crippen LogP contribution in [0.15, 0.2) is 66.0 Å². The second-order valence-electron chi connectivity index (χ2n) is 5.01. The molecule has 3 aromatic rings. The molecule has 0 aliphatic heterocycles. The Labute approximate surface area is 139 Å². The van der Waals surface area contributed by atoms with Crippen molar-refractivity contribution in [3.05, 3.63) is 71.5 Å². The number of halogens is 1. The molecule has 0 radical (unpaired) electrons. The molecule has 0 amide bonds. The highest BCUT2D eigenvalue weighted by Gasteiger charge is 2.21. The molecule has 0 saturated heterocycles. The average molecular weight is 348 g/mol. The number of pyridine rings is 1. The summed E-state index contributed by atoms with van der Waals surface area (Å²) < 4.78 is 29.3. The number of nitrogens with zero attached hydrogens (tertiary/aromatic N) is 2. The summed E-state index contributed by atoms with van der Waals surface area (Å²) in [6.07, 6.45) is 3.26. The lowest BCUT2D eigenvalue weighted by Gasteiger charge is -2.12. The van der Waals surface area contributed by atoms with Crippen molar-refractivity contribution < 1.29 is 8.42 Å². The minimum atomic E-state index is -3.76. The zero-order valence-corrected chi connectivity index (χ0v) is 13.8. The maximum Gasteiger partial charge on any atom is 0.277 e. The van der Waals surface area contributed by atoms with Gasteiger partial charge in [0.2, 0.25) is 0 Å². The Balaban J connectivity index is 2.03. The topological polar surface area (TPSA) is 64.0 Å². The van der Waals surface area contributed by atoms with Crippen molar-refractivity contribution in [1.82, 2.24) is 9.55 Å². The average Bonchev–Trinajstić information content (AvgIpc) is 2.98. The highest BCUT2D eigenvalue weighted by atomic mass is 35.5. The molecule has 0 fully saturated rings. The lowest BCUT2D eigenvalue weighted by atomic mass is 10.3. The number of anilines is 1. The molecule has 2 aromatic heterocycles. The lowest BCUT2D eigenvalue weighted by Crippen LogP contribution is -2.17. The van der Waals surface area contributed by atoms with Gasteiger partial charge in [0.25, 0.3) is 10.0 Å². The normalized spacial score (nSPS) is 11.4. The van der Waals surface area contributed by atoms with Gasteiger partial charge in [-0.15, -0.1) is 0 Å². The zero-order chi connectivity index (χ0) is 16.4. The Morgan fingerprint density at radius 1 is 1.13 bits per heavy atom. The predicted octanol–water partition coefficient (Wildman–Crippen LogP) is 3.63. The number of hydrogen-bond donors (Lipinski definition) is 1. The SMILES string of the molecule is Cc1cnc(-n2cccc2S(=O)(=O)Nc2ccccc2)c(Cl)c1. The van der Waals surface area contributed by atoms with Crippen LogP contribution in [0.5, 0.6) is 0 Å². The minimum absolute atomic E-state index is 0.0691. The molecule has 5 nitrogen and oxygen atoms in total. The maximum absolute atomic E-state index is 12.6. The molecular weight excluding hydrogens is 334 g/mol. The molecule has 1 N–H and O–H groups in total. The van der Waals surface area contributed by atoms with E-state index >= 15 is 0 Å². The molecule has 0 unspecified atom stereocenters. The number of aromatic nitrogens is 2. The van der Waals surface area contributed by atoms with Gasteiger partial charge in [0, 0.05) is 18.1 Å². The Kier molecular flexibility index (Phi) is 4.11. The molecular formula is C16H14ClN3O2S. The molecule has 0 aliphatic carbocycles. The Bertz CT molecular complexity index is 937. The van der Waals surface area contributed by atoms with Gasteiger partial charge in [0.05, 0.1) is 5.02 Å². The molecule has 118 valence electrons. The minimum Gasteiger partial charge on any atom is -0.289 e. The number of benzene rings is 1. The van der Waals surface area contributed by atoms with Crippen LogP contribution >= 0.6 is 11.6 Å². The molecule has 7 heteroatoms. The van der Waals surface area contributed by atoms with Gasteiger partial charge in [-0.3, -0.25) is 9.29 Å². The van der Waals surface area contributed by atoms with E-state index in [2.05, 4.69) is 9.71 Å². The van der Waals surface area contributed by atoms with Crippen molar-refractivity contribution in [3.63, 3.8) is 0 Å². The van der Waals surface area contributed by atoms with Crippen molar-refractivity contribution in [1.29, 1.82) is 0 Å². The number of sulfonamides is 1. The fourth-order valence-corrected chi connectivity index (χ4v) is 3.70. The first kappa shape index (κ1) is 15.6. The van der Waals surface area contributed by atoms with Gasteiger partial charge in [0.15, 0.2) is 10.8 Å². The van der Waals surface area contributed by atoms with Gasteiger partial charge in [-0.2, -0.15) is 8.42 Å². The van der Waals surface area contributed by atoms with E-state index in [1.165, 1.54) is 10.6 Å². The van der Waals surface area contributed by atoms with Crippen molar-refractivity contribution >= 4 is 27.3 Å². The monoisotopic (exact) mass is 347 g/mol. The molecule has 3 rings (SSSR count). The van der Waals surface area contributed by atoms with Crippen LogP contribution in [-0.4, -0.2) is 18.0 Å². The van der Waals surface area contributed by atoms with Crippen LogP contribution < -0.4 is 4.72 Å². The molecule has 0 spiro atoms. The van der Waals surface area contributed by atoms with E-state index in [0.717, 1.165) is 5.56 Å². The Morgan fingerprint density at radius 3 is 2.57 bits per heavy atom. The van der Waals surface area contributed by atoms with Gasteiger partial charge in [0.1, 0.15) is 0 Å². The number of aryl methyl sites for hydroxylation is 1. The maximum atomic E-state index is 12.6. The summed E-state index contributed by atoms with van der Waals surface area (Å²) in [4.78, 5) is 4.24. The predicted molar refractivity (Wildman–Crippen MR) is 90.6 cm³/mol. The number of hydrogen-bond acceptors (Lipinski definition) is 3. The third kappa shape index (κ3) is 3.23. The third-order valence-electron chi connectivity index (χ3n) is 3.20. The summed E-state index contributed by atoms with van der Waals surface area (Å²) in [7, 11) is -3.76. The highest BCUT2D eigenvalue weighted by molar-refractivity contribution is 7.92. The molecule has 0 aliphatic rings. The quantitative estimate of drug-likeness (QED) is 0.783. The van der Waals surface area contributed by atoms with Gasteiger partial charge < -0.3 is 0 Å². The van der Waals surface area contributed by atoms with Gasteiger partial charge in [-0.25, -0.2) is 4.98 Å². The Hall–Kier alpha value is -2.31. The first-order valence-corrected chi connectivity index (χ1v) is 8.71. The first-order valence-electron chi connectivity index (χ1n) is 6.85. The number of rotatable bonds is 4. The molecule has 2 heterocycles. The molecule has 0 atom stereocenters. The number of para-hydroxylation sites is 1. The van der Waals surface area contributed by atoms with Crippen LogP contribution in [0.2, 0.25) is 5.02 Å². The van der Waals surface area contributed by atoms with E-state index in [4.69, 9.17) is 11.6 Å². The highest BCUT2D eigenvalue weighted by Crippen LogP contribution is 2.24. The zero-order valence-electron chi connectivity index (χ0n) is 12.3. The first-order chi connectivity index (χ1) is 11.0. The van der Waals surface area contributed by atoms with Crippen LogP contribution in [-0.2, 0) is 10.0 Å². The third-order valence-corrected chi connectivity index (χ3v) is 4.87. The Morgan fingerprint density at radius 2 is 1.87 bits per heavy atom. The summed E-state index contributed by atoms with van der Waals surface area (Å²) in [6, 6.07) is 13.6. The van der Waals surface area contributed by atoms with Gasteiger partial charge >= 0.3 is 0 Å². The summed E-state index contributed by atoms with van der Waals surface area (Å²) in [5.74, 6) is 0.371. The lowest BCUT2D eigenvalue weighted by molar-refractivity contribution is 0.594. The van der Waals surface area contributed by atoms with E-state index in [1.54, 1.807) is 48.8 Å². The largest absolute Gasteiger partial charge is 0.289 e. The van der Waals surface area contributed by atoms with Crippen molar-refractivity contribution in [2.45, 2.75) is 11.9 Å². The van der Waals surface area contributed by atoms with E-state index in [0.29, 0.717) is 16.5 Å². The van der Waals surface area contributed by atoms with Crippen LogP contribution in [0.3, 0.4) is 0 Å². The fraction of sp³-hybridized carbons (Fsp3) is 0.0625.